The molecular weight excluding hydrogens is 1830 g/mol. The van der Waals surface area contributed by atoms with Crippen LogP contribution < -0.4 is 86.8 Å². The number of hydrazone groups is 1. The molecule has 110 heavy (non-hydrogen) atoms. The van der Waals surface area contributed by atoms with Crippen LogP contribution in [0.25, 0.3) is 16.7 Å². The number of ketones is 4. The van der Waals surface area contributed by atoms with Gasteiger partial charge in [-0.3, -0.25) is 24.6 Å². The van der Waals surface area contributed by atoms with Crippen molar-refractivity contribution in [3.63, 3.8) is 0 Å². The molecule has 0 aromatic heterocycles. The van der Waals surface area contributed by atoms with Gasteiger partial charge < -0.3 is 42.3 Å². The van der Waals surface area contributed by atoms with Crippen molar-refractivity contribution < 1.29 is 93.3 Å². The maximum Gasteiger partial charge on any atom is 1.00 e. The number of nitrogens with two attached hydrogens (primary N) is 3. The second-order valence-electron chi connectivity index (χ2n) is 27.3. The molecule has 0 saturated heterocycles. The number of aliphatic hydroxyl groups excluding tert-OH is 1. The molecule has 2 atom stereocenters. The van der Waals surface area contributed by atoms with Crippen molar-refractivity contribution in [1.82, 2.24) is 0 Å². The number of rotatable bonds is 3. The molecule has 0 aliphatic heterocycles. The molecule has 15 rings (SSSR count). The molecule has 9 aliphatic rings. The van der Waals surface area contributed by atoms with E-state index < -0.39 is 5.97 Å². The Balaban J connectivity index is 0.000000265. The van der Waals surface area contributed by atoms with Crippen molar-refractivity contribution in [2.24, 2.45) is 31.7 Å². The van der Waals surface area contributed by atoms with Gasteiger partial charge in [-0.25, -0.2) is 0 Å². The molecule has 26 heteroatoms. The van der Waals surface area contributed by atoms with E-state index in [0.29, 0.717) is 47.8 Å². The Kier molecular flexibility index (Phi) is 48.5. The average molecular weight is 1920 g/mol. The minimum atomic E-state index is -1.08. The molecule has 2 unspecified atom stereocenters. The number of allylic oxidation sites excluding steroid dienone is 5. The van der Waals surface area contributed by atoms with Gasteiger partial charge in [0.15, 0.2) is 17.3 Å². The van der Waals surface area contributed by atoms with E-state index in [2.05, 4.69) is 170 Å². The van der Waals surface area contributed by atoms with Gasteiger partial charge in [-0.1, -0.05) is 157 Å². The number of aliphatic hydroxyl groups is 1. The fourth-order valence-electron chi connectivity index (χ4n) is 13.8. The van der Waals surface area contributed by atoms with E-state index in [4.69, 9.17) is 54.1 Å². The van der Waals surface area contributed by atoms with Crippen molar-refractivity contribution in [2.75, 3.05) is 11.2 Å². The first kappa shape index (κ1) is 98.0. The fraction of sp³-hybridized carbons (Fsp3) is 0.405. The number of halogens is 7. The number of carbonyl (C=O) groups excluding carboxylic acids is 5. The predicted octanol–water partition coefficient (Wildman–Crippen LogP) is 17.6. The standard InChI is InChI=1S/2C14H16BrN.C14H13BrO.C13H15BrN2O.C8H12O2.C7H12O.C6H4BrClN2.C6H6BrN.C2H4O2.HNO2.2Na/c3*15-10-6-5-9-7-13-11(12(9)8-10)3-1-2-4-14(13)16;14-10-6-8-11(9-7-10)15-16-12-4-2-1-3-5-13(12)17;9-6-7-4-2-1-3-5-8(7)10;8-7-5-3-1-2-4-6-7;7-5-1-3-6(4-2-5)9-10-8;7-5-1-3-6(8)4-2-5;1-2(3)4;2-1-3;;/h2*5-6,8,14H,1-4,7,16H2;5-6,8H,1-4,7H2;6-9,15H,1-5H2;6,9H,1-5H2;1-6H2;1-4H;1-4H,8H2;1H3,(H,3,4);(H,2,3);;/q;;;;;;;;;;2*+1/p-2/b;;;16-12+;7-6+;;;;;;;. The average Bonchev–Trinajstić information content (AvgIpc) is 1.65. The number of hydrogen-bond donors (Lipinski definition) is 5. The number of aliphatic carboxylic acids is 1. The van der Waals surface area contributed by atoms with Crippen LogP contribution in [-0.4, -0.2) is 52.0 Å². The zero-order chi connectivity index (χ0) is 78.3. The zero-order valence-corrected chi connectivity index (χ0v) is 77.4. The van der Waals surface area contributed by atoms with Crippen LogP contribution >= 0.6 is 107 Å². The van der Waals surface area contributed by atoms with Crippen LogP contribution in [0.15, 0.2) is 203 Å². The van der Waals surface area contributed by atoms with Crippen molar-refractivity contribution in [3.05, 3.63) is 226 Å². The van der Waals surface area contributed by atoms with Crippen molar-refractivity contribution in [3.8, 4) is 0 Å². The number of carbonyl (C=O) groups is 5. The molecule has 3 fully saturated rings. The summed E-state index contributed by atoms with van der Waals surface area (Å²) in [5, 5.41) is 34.3. The quantitative estimate of drug-likeness (QED) is 0.0161. The van der Waals surface area contributed by atoms with Crippen LogP contribution in [-0.2, 0) is 43.2 Å². The van der Waals surface area contributed by atoms with Crippen LogP contribution in [0.4, 0.5) is 17.1 Å². The van der Waals surface area contributed by atoms with Gasteiger partial charge in [0.25, 0.3) is 0 Å². The van der Waals surface area contributed by atoms with Gasteiger partial charge in [-0.05, 0) is 299 Å². The van der Waals surface area contributed by atoms with Gasteiger partial charge in [0.2, 0.25) is 0 Å². The third kappa shape index (κ3) is 35.0. The number of carboxylic acids is 1. The van der Waals surface area contributed by atoms with Gasteiger partial charge >= 0.3 is 59.1 Å². The van der Waals surface area contributed by atoms with Crippen molar-refractivity contribution >= 4 is 176 Å². The largest absolute Gasteiger partial charge is 1.00 e. The molecule has 578 valence electrons. The first-order valence-electron chi connectivity index (χ1n) is 37.0. The van der Waals surface area contributed by atoms with E-state index in [9.17, 15) is 19.2 Å². The SMILES string of the molecule is CC(=O)[O-].ClN=Nc1ccc(Br)cc1.NC1CCCCC2=C1Cc1ccc(Br)cc12.NC1CCCCC2=C1Cc1ccc(Br)cc12.Nc1ccc(Br)cc1.O=C1CCCCC/C1=C\O.O=C1CCCCC/C1=N\Nc1ccc(Br)cc1.O=C1CCCCC2=C1Cc1ccc(Br)cc12.O=C1CCCCCC1.O=N[O-].[Na+].[Na+]. The van der Waals surface area contributed by atoms with Gasteiger partial charge in [-0.15, -0.1) is 10.5 Å². The normalized spacial score (nSPS) is 18.6. The van der Waals surface area contributed by atoms with Crippen LogP contribution in [0.1, 0.15) is 220 Å². The summed E-state index contributed by atoms with van der Waals surface area (Å²) in [6.07, 6.45) is 33.5. The molecule has 0 spiro atoms. The number of nitrogens with zero attached hydrogens (tertiary/aromatic N) is 4. The molecule has 17 nitrogen and oxygen atoms in total. The van der Waals surface area contributed by atoms with Crippen molar-refractivity contribution in [1.29, 1.82) is 0 Å². The van der Waals surface area contributed by atoms with E-state index in [1.54, 1.807) is 11.1 Å². The molecule has 8 N–H and O–H groups in total. The third-order valence-electron chi connectivity index (χ3n) is 19.3. The monoisotopic (exact) mass is 1920 g/mol. The molecule has 0 amide bonds. The van der Waals surface area contributed by atoms with E-state index in [1.807, 2.05) is 72.8 Å². The predicted molar refractivity (Wildman–Crippen MR) is 458 cm³/mol. The summed E-state index contributed by atoms with van der Waals surface area (Å²) in [7, 11) is 0. The Labute approximate surface area is 748 Å². The maximum absolute atomic E-state index is 12.0. The number of nitrogen functional groups attached to an aromatic ring is 1. The zero-order valence-electron chi connectivity index (χ0n) is 63.2. The molecular formula is C84H97Br6ClN8Na2O9. The van der Waals surface area contributed by atoms with E-state index in [-0.39, 0.29) is 70.7 Å². The summed E-state index contributed by atoms with van der Waals surface area (Å²) in [6.45, 7) is 0.972. The summed E-state index contributed by atoms with van der Waals surface area (Å²) < 4.78 is 9.69. The molecule has 6 aromatic rings. The summed E-state index contributed by atoms with van der Waals surface area (Å²) >= 11 is 25.6. The van der Waals surface area contributed by atoms with Crippen LogP contribution in [0.2, 0.25) is 0 Å². The molecule has 3 saturated carbocycles. The first-order chi connectivity index (χ1) is 52.0. The number of hydrogen-bond acceptors (Lipinski definition) is 17. The van der Waals surface area contributed by atoms with E-state index >= 15 is 0 Å². The third-order valence-corrected chi connectivity index (χ3v) is 22.5. The summed E-state index contributed by atoms with van der Waals surface area (Å²) in [5.41, 5.74) is 41.6. The number of fused-ring (bicyclic) bond motifs is 6. The van der Waals surface area contributed by atoms with Gasteiger partial charge in [0.1, 0.15) is 11.5 Å². The minimum Gasteiger partial charge on any atom is -0.550 e. The van der Waals surface area contributed by atoms with E-state index in [1.165, 1.54) is 110 Å². The number of benzene rings is 6. The Morgan fingerprint density at radius 1 is 0.482 bits per heavy atom. The van der Waals surface area contributed by atoms with Gasteiger partial charge in [0.05, 0.1) is 29.4 Å². The molecule has 0 heterocycles. The molecule has 9 aliphatic carbocycles. The second-order valence-corrected chi connectivity index (χ2v) is 32.9. The van der Waals surface area contributed by atoms with Gasteiger partial charge in [-0.2, -0.15) is 5.10 Å². The Hall–Kier alpha value is -4.41. The number of Topliss-reactive ketones (excluding diaryl/α,β-unsaturated/α-hetero) is 4. The topological polar surface area (TPSA) is 308 Å². The molecule has 0 radical (unpaired) electrons. The number of nitrogens with one attached hydrogen (secondary N) is 1. The van der Waals surface area contributed by atoms with Gasteiger partial charge in [0, 0.05) is 100 Å². The van der Waals surface area contributed by atoms with Crippen LogP contribution in [0.5, 0.6) is 0 Å². The smallest absolute Gasteiger partial charge is 0.550 e. The summed E-state index contributed by atoms with van der Waals surface area (Å²) in [4.78, 5) is 62.3. The minimum absolute atomic E-state index is 0. The first-order valence-corrected chi connectivity index (χ1v) is 42.1. The fourth-order valence-corrected chi connectivity index (χ4v) is 15.8. The molecule has 0 bridgehead atoms. The summed E-state index contributed by atoms with van der Waals surface area (Å²) in [5.74, 6) is 0.0782. The molecule has 6 aromatic carbocycles. The Morgan fingerprint density at radius 2 is 0.845 bits per heavy atom. The van der Waals surface area contributed by atoms with Crippen molar-refractivity contribution in [2.45, 2.75) is 218 Å². The number of carboxylic acid groups (broad SMARTS) is 1. The summed E-state index contributed by atoms with van der Waals surface area (Å²) in [6, 6.07) is 42.9. The van der Waals surface area contributed by atoms with E-state index in [0.717, 1.165) is 194 Å². The second kappa shape index (κ2) is 54.4. The Morgan fingerprint density at radius 3 is 1.32 bits per heavy atom. The Bertz CT molecular complexity index is 4060. The maximum atomic E-state index is 12.0. The van der Waals surface area contributed by atoms with Crippen LogP contribution in [0, 0.1) is 10.1 Å². The number of anilines is 2. The van der Waals surface area contributed by atoms with Crippen LogP contribution in [0.3, 0.4) is 0 Å².